The molecule has 0 saturated carbocycles. The topological polar surface area (TPSA) is 69.6 Å². The maximum absolute atomic E-state index is 11.4. The second-order valence-corrected chi connectivity index (χ2v) is 3.40. The van der Waals surface area contributed by atoms with Gasteiger partial charge in [-0.05, 0) is 0 Å². The first-order valence-corrected chi connectivity index (χ1v) is 4.09. The van der Waals surface area contributed by atoms with E-state index in [1.54, 1.807) is 0 Å². The summed E-state index contributed by atoms with van der Waals surface area (Å²) in [5.74, 6) is -0.772. The van der Waals surface area contributed by atoms with E-state index in [0.29, 0.717) is 6.61 Å². The molecule has 0 spiro atoms. The van der Waals surface area contributed by atoms with Crippen molar-refractivity contribution in [2.75, 3.05) is 25.6 Å². The highest BCUT2D eigenvalue weighted by Gasteiger charge is 2.26. The zero-order valence-corrected chi connectivity index (χ0v) is 6.67. The van der Waals surface area contributed by atoms with Crippen LogP contribution in [0.5, 0.6) is 0 Å². The number of aliphatic carboxylic acids is 1. The van der Waals surface area contributed by atoms with Gasteiger partial charge >= 0.3 is 5.97 Å². The predicted octanol–water partition coefficient (Wildman–Crippen LogP) is 0.0215. The van der Waals surface area contributed by atoms with Gasteiger partial charge < -0.3 is 15.1 Å². The van der Waals surface area contributed by atoms with E-state index in [9.17, 15) is 10.0 Å². The van der Waals surface area contributed by atoms with E-state index in [0.717, 1.165) is 11.9 Å². The van der Waals surface area contributed by atoms with E-state index in [-0.39, 0.29) is 19.0 Å². The lowest BCUT2D eigenvalue weighted by Gasteiger charge is -2.40. The first-order chi connectivity index (χ1) is 5.12. The van der Waals surface area contributed by atoms with Crippen molar-refractivity contribution < 1.29 is 18.7 Å². The molecule has 1 saturated heterocycles. The van der Waals surface area contributed by atoms with Crippen molar-refractivity contribution in [2.45, 2.75) is 0 Å². The van der Waals surface area contributed by atoms with Crippen molar-refractivity contribution in [2.24, 2.45) is 0 Å². The van der Waals surface area contributed by atoms with E-state index < -0.39 is 10.0 Å². The highest BCUT2D eigenvalue weighted by Crippen LogP contribution is 2.24. The van der Waals surface area contributed by atoms with Crippen molar-refractivity contribution in [1.29, 1.82) is 0 Å². The molecule has 0 amide bonds. The Morgan fingerprint density at radius 3 is 3.00 bits per heavy atom. The lowest BCUT2D eigenvalue weighted by molar-refractivity contribution is -0.738. The first-order valence-electron chi connectivity index (χ1n) is 3.14. The van der Waals surface area contributed by atoms with E-state index in [1.807, 2.05) is 0 Å². The summed E-state index contributed by atoms with van der Waals surface area (Å²) >= 11 is 0.973. The Labute approximate surface area is 68.2 Å². The average Bonchev–Trinajstić information content (AvgIpc) is 1.85. The second kappa shape index (κ2) is 3.40. The summed E-state index contributed by atoms with van der Waals surface area (Å²) in [5.41, 5.74) is 0. The quantitative estimate of drug-likeness (QED) is 0.367. The number of ether oxygens (including phenoxy) is 1. The van der Waals surface area contributed by atoms with Crippen LogP contribution in [0.2, 0.25) is 0 Å². The Morgan fingerprint density at radius 2 is 2.55 bits per heavy atom. The number of hydrogen-bond donors (Lipinski definition) is 1. The van der Waals surface area contributed by atoms with Gasteiger partial charge in [0.15, 0.2) is 6.54 Å². The predicted molar refractivity (Wildman–Crippen MR) is 39.4 cm³/mol. The summed E-state index contributed by atoms with van der Waals surface area (Å²) in [4.78, 5) is 10.2. The third-order valence-electron chi connectivity index (χ3n) is 1.32. The van der Waals surface area contributed by atoms with Crippen LogP contribution in [0.1, 0.15) is 0 Å². The van der Waals surface area contributed by atoms with Gasteiger partial charge in [-0.3, -0.25) is 4.05 Å². The Morgan fingerprint density at radius 1 is 1.82 bits per heavy atom. The molecule has 6 heteroatoms. The minimum Gasteiger partial charge on any atom is -0.620 e. The van der Waals surface area contributed by atoms with Gasteiger partial charge in [0, 0.05) is 0 Å². The third kappa shape index (κ3) is 2.66. The van der Waals surface area contributed by atoms with Gasteiger partial charge in [0.25, 0.3) is 0 Å². The molecule has 0 aliphatic carbocycles. The number of hydrogen-bond acceptors (Lipinski definition) is 4. The molecule has 1 fully saturated rings. The summed E-state index contributed by atoms with van der Waals surface area (Å²) in [6.07, 6.45) is 0. The molecule has 0 aromatic rings. The Bertz CT molecular complexity index is 157. The molecule has 5 nitrogen and oxygen atoms in total. The number of carbonyl (C=O) groups is 1. The highest BCUT2D eigenvalue weighted by atomic mass is 32.2. The number of rotatable bonds is 2. The maximum atomic E-state index is 11.4. The van der Waals surface area contributed by atoms with E-state index in [2.05, 4.69) is 0 Å². The minimum atomic E-state index is -1.06. The third-order valence-corrected chi connectivity index (χ3v) is 2.38. The molecule has 0 aromatic heterocycles. The minimum absolute atomic E-state index is 0.219. The van der Waals surface area contributed by atoms with Crippen LogP contribution in [0.4, 0.5) is 0 Å². The van der Waals surface area contributed by atoms with E-state index in [1.165, 1.54) is 0 Å². The summed E-state index contributed by atoms with van der Waals surface area (Å²) in [6.45, 7) is 0.189. The van der Waals surface area contributed by atoms with Crippen LogP contribution in [0.25, 0.3) is 0 Å². The smallest absolute Gasteiger partial charge is 0.360 e. The monoisotopic (exact) mass is 179 g/mol. The summed E-state index contributed by atoms with van der Waals surface area (Å²) < 4.78 is 4.17. The number of nitrogens with zero attached hydrogens (tertiary/aromatic N) is 1. The van der Waals surface area contributed by atoms with Gasteiger partial charge in [0.2, 0.25) is 0 Å². The molecule has 1 rings (SSSR count). The Balaban J connectivity index is 2.43. The molecular formula is C5H9NO4S. The molecule has 0 aromatic carbocycles. The van der Waals surface area contributed by atoms with Crippen molar-refractivity contribution in [3.05, 3.63) is 5.21 Å². The van der Waals surface area contributed by atoms with Gasteiger partial charge in [-0.2, -0.15) is 0 Å². The molecule has 1 unspecified atom stereocenters. The van der Waals surface area contributed by atoms with E-state index in [4.69, 9.17) is 9.84 Å². The molecule has 1 atom stereocenters. The molecule has 1 aliphatic rings. The molecule has 1 aliphatic heterocycles. The first kappa shape index (κ1) is 8.79. The fraction of sp³-hybridized carbons (Fsp3) is 0.800. The van der Waals surface area contributed by atoms with Gasteiger partial charge in [-0.15, -0.1) is 0 Å². The fourth-order valence-corrected chi connectivity index (χ4v) is 1.58. The van der Waals surface area contributed by atoms with Crippen LogP contribution in [0, 0.1) is 5.21 Å². The van der Waals surface area contributed by atoms with Gasteiger partial charge in [-0.1, -0.05) is 0 Å². The van der Waals surface area contributed by atoms with E-state index >= 15 is 0 Å². The molecule has 1 N–H and O–H groups in total. The summed E-state index contributed by atoms with van der Waals surface area (Å²) in [7, 11) is 0. The largest absolute Gasteiger partial charge is 0.620 e. The van der Waals surface area contributed by atoms with Gasteiger partial charge in [0.1, 0.15) is 24.4 Å². The standard InChI is InChI=1S/C5H9NO4S/c7-5(8)3-6(9)1-2-10-4-11-6/h1-4H2,(H,7,8). The zero-order chi connectivity index (χ0) is 8.32. The van der Waals surface area contributed by atoms with Gasteiger partial charge in [-0.25, -0.2) is 4.79 Å². The number of quaternary nitrogens is 1. The lowest BCUT2D eigenvalue weighted by atomic mass is 10.6. The highest BCUT2D eigenvalue weighted by molar-refractivity contribution is 7.93. The number of carboxylic acid groups (broad SMARTS) is 1. The molecule has 0 bridgehead atoms. The van der Waals surface area contributed by atoms with Gasteiger partial charge in [0.05, 0.1) is 6.61 Å². The molecular weight excluding hydrogens is 170 g/mol. The van der Waals surface area contributed by atoms with Crippen molar-refractivity contribution >= 4 is 17.9 Å². The van der Waals surface area contributed by atoms with Crippen LogP contribution in [-0.2, 0) is 9.53 Å². The molecule has 0 radical (unpaired) electrons. The lowest BCUT2D eigenvalue weighted by Crippen LogP contribution is -2.45. The average molecular weight is 179 g/mol. The van der Waals surface area contributed by atoms with Crippen LogP contribution in [-0.4, -0.2) is 40.8 Å². The number of hydroxylamine groups is 2. The Kier molecular flexibility index (Phi) is 2.72. The summed E-state index contributed by atoms with van der Waals surface area (Å²) in [5, 5.41) is 19.7. The number of carboxylic acids is 1. The van der Waals surface area contributed by atoms with Crippen molar-refractivity contribution in [3.8, 4) is 0 Å². The molecule has 1 heterocycles. The van der Waals surface area contributed by atoms with Crippen molar-refractivity contribution in [3.63, 3.8) is 0 Å². The van der Waals surface area contributed by atoms with Crippen LogP contribution in [0.3, 0.4) is 0 Å². The Hall–Kier alpha value is -0.300. The van der Waals surface area contributed by atoms with Crippen molar-refractivity contribution in [1.82, 2.24) is 0 Å². The van der Waals surface area contributed by atoms with Crippen LogP contribution >= 0.6 is 11.9 Å². The normalized spacial score (nSPS) is 31.7. The van der Waals surface area contributed by atoms with Crippen LogP contribution < -0.4 is 0 Å². The van der Waals surface area contributed by atoms with Crippen LogP contribution in [0.15, 0.2) is 0 Å². The SMILES string of the molecule is O=C(O)C[N+]1([O-])CCOCS1. The fourth-order valence-electron chi connectivity index (χ4n) is 0.791. The second-order valence-electron chi connectivity index (χ2n) is 2.25. The zero-order valence-electron chi connectivity index (χ0n) is 5.86. The maximum Gasteiger partial charge on any atom is 0.360 e. The summed E-state index contributed by atoms with van der Waals surface area (Å²) in [6, 6.07) is 0. The molecule has 11 heavy (non-hydrogen) atoms. The molecule has 64 valence electrons.